The topological polar surface area (TPSA) is 40.9 Å². The van der Waals surface area contributed by atoms with E-state index in [0.717, 1.165) is 25.2 Å². The summed E-state index contributed by atoms with van der Waals surface area (Å²) in [5.41, 5.74) is 3.34. The molecule has 3 rings (SSSR count). The molecule has 0 amide bonds. The molecule has 1 unspecified atom stereocenters. The third-order valence-electron chi connectivity index (χ3n) is 3.91. The van der Waals surface area contributed by atoms with Crippen molar-refractivity contribution >= 4 is 0 Å². The van der Waals surface area contributed by atoms with Crippen LogP contribution in [0.25, 0.3) is 0 Å². The fourth-order valence-corrected chi connectivity index (χ4v) is 2.56. The first-order valence-electron chi connectivity index (χ1n) is 7.31. The van der Waals surface area contributed by atoms with Crippen molar-refractivity contribution in [1.29, 1.82) is 0 Å². The van der Waals surface area contributed by atoms with Gasteiger partial charge in [-0.05, 0) is 31.5 Å². The van der Waals surface area contributed by atoms with Crippen LogP contribution in [0.5, 0.6) is 0 Å². The van der Waals surface area contributed by atoms with Gasteiger partial charge in [-0.2, -0.15) is 5.11 Å². The zero-order valence-corrected chi connectivity index (χ0v) is 12.5. The molecule has 1 aliphatic heterocycles. The highest BCUT2D eigenvalue weighted by Gasteiger charge is 2.33. The third-order valence-corrected chi connectivity index (χ3v) is 3.91. The molecular weight excluding hydrogens is 260 g/mol. The first kappa shape index (κ1) is 13.7. The molecule has 1 aromatic carbocycles. The van der Waals surface area contributed by atoms with Gasteiger partial charge in [0.1, 0.15) is 5.54 Å². The zero-order valence-electron chi connectivity index (χ0n) is 12.5. The number of nitrogens with zero attached hydrogens (tertiary/aromatic N) is 4. The van der Waals surface area contributed by atoms with E-state index in [4.69, 9.17) is 0 Å². The second-order valence-electron chi connectivity index (χ2n) is 5.79. The Bertz CT molecular complexity index is 621. The van der Waals surface area contributed by atoms with Gasteiger partial charge in [-0.15, -0.1) is 0 Å². The molecule has 0 spiro atoms. The van der Waals surface area contributed by atoms with Crippen LogP contribution in [0.15, 0.2) is 59.0 Å². The summed E-state index contributed by atoms with van der Waals surface area (Å²) in [6, 6.07) is 14.6. The Hall–Kier alpha value is -2.23. The van der Waals surface area contributed by atoms with Crippen LogP contribution < -0.4 is 0 Å². The first-order chi connectivity index (χ1) is 10.2. The summed E-state index contributed by atoms with van der Waals surface area (Å²) in [7, 11) is 0. The average Bonchev–Trinajstić information content (AvgIpc) is 2.90. The molecule has 1 atom stereocenters. The standard InChI is InChI=1S/C17H20N4/c1-14-6-8-15(9-7-14)17(2)13-21(20-19-17)12-10-16-5-3-4-11-18-16/h3-9,11H,10,12-13H2,1-2H3. The van der Waals surface area contributed by atoms with Gasteiger partial charge in [-0.1, -0.05) is 41.1 Å². The van der Waals surface area contributed by atoms with E-state index in [1.54, 1.807) is 0 Å². The van der Waals surface area contributed by atoms with Gasteiger partial charge >= 0.3 is 0 Å². The quantitative estimate of drug-likeness (QED) is 0.859. The first-order valence-corrected chi connectivity index (χ1v) is 7.31. The van der Waals surface area contributed by atoms with E-state index in [0.29, 0.717) is 0 Å². The molecule has 0 radical (unpaired) electrons. The summed E-state index contributed by atoms with van der Waals surface area (Å²) in [5.74, 6) is 0. The molecular formula is C17H20N4. The van der Waals surface area contributed by atoms with Crippen molar-refractivity contribution in [2.75, 3.05) is 13.1 Å². The summed E-state index contributed by atoms with van der Waals surface area (Å²) in [4.78, 5) is 4.34. The highest BCUT2D eigenvalue weighted by molar-refractivity contribution is 5.28. The largest absolute Gasteiger partial charge is 0.276 e. The maximum absolute atomic E-state index is 4.49. The van der Waals surface area contributed by atoms with Crippen LogP contribution in [0.4, 0.5) is 0 Å². The van der Waals surface area contributed by atoms with Gasteiger partial charge < -0.3 is 0 Å². The second kappa shape index (κ2) is 5.64. The third kappa shape index (κ3) is 3.10. The number of rotatable bonds is 4. The molecule has 0 saturated heterocycles. The molecule has 2 heterocycles. The SMILES string of the molecule is Cc1ccc(C2(C)CN(CCc3ccccn3)N=N2)cc1. The number of aromatic nitrogens is 1. The average molecular weight is 280 g/mol. The van der Waals surface area contributed by atoms with Crippen LogP contribution in [0, 0.1) is 6.92 Å². The van der Waals surface area contributed by atoms with Crippen molar-refractivity contribution in [3.63, 3.8) is 0 Å². The van der Waals surface area contributed by atoms with Crippen molar-refractivity contribution in [1.82, 2.24) is 9.99 Å². The number of benzene rings is 1. The van der Waals surface area contributed by atoms with Gasteiger partial charge in [0, 0.05) is 24.9 Å². The minimum Gasteiger partial charge on any atom is -0.276 e. The van der Waals surface area contributed by atoms with Crippen LogP contribution in [0.3, 0.4) is 0 Å². The Morgan fingerprint density at radius 1 is 1.14 bits per heavy atom. The smallest absolute Gasteiger partial charge is 0.125 e. The molecule has 1 aliphatic rings. The van der Waals surface area contributed by atoms with Gasteiger partial charge in [0.05, 0.1) is 6.54 Å². The predicted molar refractivity (Wildman–Crippen MR) is 82.9 cm³/mol. The highest BCUT2D eigenvalue weighted by atomic mass is 15.6. The van der Waals surface area contributed by atoms with Crippen LogP contribution in [0.1, 0.15) is 23.7 Å². The van der Waals surface area contributed by atoms with Gasteiger partial charge in [0.15, 0.2) is 0 Å². The van der Waals surface area contributed by atoms with E-state index in [1.165, 1.54) is 11.1 Å². The van der Waals surface area contributed by atoms with E-state index < -0.39 is 0 Å². The Labute approximate surface area is 125 Å². The lowest BCUT2D eigenvalue weighted by Crippen LogP contribution is -2.30. The van der Waals surface area contributed by atoms with Crippen molar-refractivity contribution < 1.29 is 0 Å². The summed E-state index contributed by atoms with van der Waals surface area (Å²) < 4.78 is 0. The molecule has 108 valence electrons. The lowest BCUT2D eigenvalue weighted by atomic mass is 9.92. The summed E-state index contributed by atoms with van der Waals surface area (Å²) >= 11 is 0. The molecule has 1 aromatic heterocycles. The molecule has 0 fully saturated rings. The Balaban J connectivity index is 1.63. The monoisotopic (exact) mass is 280 g/mol. The summed E-state index contributed by atoms with van der Waals surface area (Å²) in [5, 5.41) is 10.9. The van der Waals surface area contributed by atoms with Crippen molar-refractivity contribution in [2.45, 2.75) is 25.8 Å². The molecule has 0 bridgehead atoms. The minimum absolute atomic E-state index is 0.238. The zero-order chi connectivity index (χ0) is 14.7. The summed E-state index contributed by atoms with van der Waals surface area (Å²) in [6.45, 7) is 5.91. The van der Waals surface area contributed by atoms with E-state index in [9.17, 15) is 0 Å². The molecule has 4 heteroatoms. The Morgan fingerprint density at radius 3 is 2.67 bits per heavy atom. The Kier molecular flexibility index (Phi) is 3.69. The van der Waals surface area contributed by atoms with Crippen LogP contribution in [0.2, 0.25) is 0 Å². The molecule has 21 heavy (non-hydrogen) atoms. The molecule has 2 aromatic rings. The van der Waals surface area contributed by atoms with Crippen molar-refractivity contribution in [3.05, 3.63) is 65.5 Å². The Morgan fingerprint density at radius 2 is 1.95 bits per heavy atom. The van der Waals surface area contributed by atoms with E-state index in [-0.39, 0.29) is 5.54 Å². The number of hydrogen-bond acceptors (Lipinski definition) is 4. The fourth-order valence-electron chi connectivity index (χ4n) is 2.56. The van der Waals surface area contributed by atoms with Crippen LogP contribution in [-0.2, 0) is 12.0 Å². The normalized spacial score (nSPS) is 21.0. The van der Waals surface area contributed by atoms with E-state index in [1.807, 2.05) is 29.4 Å². The molecule has 0 aliphatic carbocycles. The highest BCUT2D eigenvalue weighted by Crippen LogP contribution is 2.32. The number of pyridine rings is 1. The van der Waals surface area contributed by atoms with Crippen LogP contribution >= 0.6 is 0 Å². The van der Waals surface area contributed by atoms with Gasteiger partial charge in [-0.25, -0.2) is 0 Å². The molecule has 4 nitrogen and oxygen atoms in total. The molecule has 0 saturated carbocycles. The number of aryl methyl sites for hydroxylation is 1. The van der Waals surface area contributed by atoms with Gasteiger partial charge in [0.2, 0.25) is 0 Å². The maximum atomic E-state index is 4.49. The van der Waals surface area contributed by atoms with Crippen LogP contribution in [-0.4, -0.2) is 23.1 Å². The van der Waals surface area contributed by atoms with E-state index >= 15 is 0 Å². The van der Waals surface area contributed by atoms with Crippen molar-refractivity contribution in [3.8, 4) is 0 Å². The lowest BCUT2D eigenvalue weighted by molar-refractivity contribution is 0.288. The number of hydrogen-bond donors (Lipinski definition) is 0. The fraction of sp³-hybridized carbons (Fsp3) is 0.353. The second-order valence-corrected chi connectivity index (χ2v) is 5.79. The lowest BCUT2D eigenvalue weighted by Gasteiger charge is -2.22. The predicted octanol–water partition coefficient (Wildman–Crippen LogP) is 3.53. The van der Waals surface area contributed by atoms with Gasteiger partial charge in [-0.3, -0.25) is 9.99 Å². The van der Waals surface area contributed by atoms with Crippen molar-refractivity contribution in [2.24, 2.45) is 10.3 Å². The molecule has 0 N–H and O–H groups in total. The van der Waals surface area contributed by atoms with E-state index in [2.05, 4.69) is 53.4 Å². The van der Waals surface area contributed by atoms with Gasteiger partial charge in [0.25, 0.3) is 0 Å². The maximum Gasteiger partial charge on any atom is 0.125 e. The summed E-state index contributed by atoms with van der Waals surface area (Å²) in [6.07, 6.45) is 2.72. The minimum atomic E-state index is -0.238.